The second-order valence-corrected chi connectivity index (χ2v) is 6.25. The van der Waals surface area contributed by atoms with Crippen molar-refractivity contribution >= 4 is 0 Å². The maximum absolute atomic E-state index is 5.23. The highest BCUT2D eigenvalue weighted by atomic mass is 16.5. The summed E-state index contributed by atoms with van der Waals surface area (Å²) in [4.78, 5) is 2.43. The Kier molecular flexibility index (Phi) is 5.90. The number of hydrogen-bond acceptors (Lipinski definition) is 3. The van der Waals surface area contributed by atoms with Gasteiger partial charge in [-0.05, 0) is 51.2 Å². The van der Waals surface area contributed by atoms with Crippen LogP contribution in [0.5, 0.6) is 0 Å². The van der Waals surface area contributed by atoms with Gasteiger partial charge in [0.2, 0.25) is 0 Å². The summed E-state index contributed by atoms with van der Waals surface area (Å²) in [6.45, 7) is 11.4. The zero-order valence-corrected chi connectivity index (χ0v) is 12.3. The molecule has 0 aromatic rings. The van der Waals surface area contributed by atoms with E-state index in [1.54, 1.807) is 7.11 Å². The van der Waals surface area contributed by atoms with E-state index in [-0.39, 0.29) is 0 Å². The first-order valence-electron chi connectivity index (χ1n) is 6.87. The molecule has 0 spiro atoms. The van der Waals surface area contributed by atoms with Crippen LogP contribution in [-0.2, 0) is 4.74 Å². The normalized spacial score (nSPS) is 24.0. The molecule has 1 N–H and O–H groups in total. The number of likely N-dealkylation sites (N-methyl/N-ethyl adjacent to an activating group) is 1. The Morgan fingerprint density at radius 1 is 1.47 bits per heavy atom. The molecular formula is C14H30N2O. The predicted octanol–water partition coefficient (Wildman–Crippen LogP) is 1.98. The standard InChI is InChI=1S/C14H30N2O/c1-12(10-17-5)16(4)11-14(2,3)13-7-6-8-15-9-13/h12-13,15H,6-11H2,1-5H3. The molecule has 1 saturated heterocycles. The Hall–Kier alpha value is -0.120. The van der Waals surface area contributed by atoms with Gasteiger partial charge >= 0.3 is 0 Å². The molecule has 0 amide bonds. The third-order valence-corrected chi connectivity index (χ3v) is 4.22. The maximum Gasteiger partial charge on any atom is 0.0615 e. The minimum Gasteiger partial charge on any atom is -0.383 e. The van der Waals surface area contributed by atoms with Crippen LogP contribution in [0.4, 0.5) is 0 Å². The van der Waals surface area contributed by atoms with Crippen LogP contribution in [0.2, 0.25) is 0 Å². The molecule has 1 aliphatic heterocycles. The first kappa shape index (κ1) is 14.9. The van der Waals surface area contributed by atoms with Crippen LogP contribution in [-0.4, -0.2) is 51.3 Å². The Bertz CT molecular complexity index is 212. The minimum absolute atomic E-state index is 0.379. The number of rotatable bonds is 6. The van der Waals surface area contributed by atoms with Crippen molar-refractivity contribution in [3.05, 3.63) is 0 Å². The van der Waals surface area contributed by atoms with E-state index in [1.807, 2.05) is 0 Å². The third kappa shape index (κ3) is 4.57. The first-order valence-corrected chi connectivity index (χ1v) is 6.87. The Morgan fingerprint density at radius 2 is 2.18 bits per heavy atom. The van der Waals surface area contributed by atoms with Crippen LogP contribution in [0.25, 0.3) is 0 Å². The van der Waals surface area contributed by atoms with Gasteiger partial charge < -0.3 is 15.0 Å². The van der Waals surface area contributed by atoms with Crippen molar-refractivity contribution in [2.45, 2.75) is 39.7 Å². The second-order valence-electron chi connectivity index (χ2n) is 6.25. The smallest absolute Gasteiger partial charge is 0.0615 e. The summed E-state index contributed by atoms with van der Waals surface area (Å²) in [5.74, 6) is 0.799. The molecule has 1 rings (SSSR count). The van der Waals surface area contributed by atoms with E-state index in [2.05, 4.69) is 38.0 Å². The van der Waals surface area contributed by atoms with Gasteiger partial charge in [-0.3, -0.25) is 0 Å². The van der Waals surface area contributed by atoms with Crippen molar-refractivity contribution in [3.63, 3.8) is 0 Å². The minimum atomic E-state index is 0.379. The molecule has 0 radical (unpaired) electrons. The Labute approximate surface area is 107 Å². The van der Waals surface area contributed by atoms with Gasteiger partial charge in [0.05, 0.1) is 6.61 Å². The number of nitrogens with one attached hydrogen (secondary N) is 1. The van der Waals surface area contributed by atoms with Crippen molar-refractivity contribution < 1.29 is 4.74 Å². The fourth-order valence-electron chi connectivity index (χ4n) is 2.82. The first-order chi connectivity index (χ1) is 7.97. The van der Waals surface area contributed by atoms with Gasteiger partial charge in [-0.15, -0.1) is 0 Å². The molecule has 2 atom stereocenters. The molecule has 0 bridgehead atoms. The lowest BCUT2D eigenvalue weighted by atomic mass is 9.74. The van der Waals surface area contributed by atoms with Crippen molar-refractivity contribution in [1.29, 1.82) is 0 Å². The topological polar surface area (TPSA) is 24.5 Å². The molecule has 1 aliphatic rings. The van der Waals surface area contributed by atoms with Crippen LogP contribution in [0.15, 0.2) is 0 Å². The zero-order valence-electron chi connectivity index (χ0n) is 12.3. The third-order valence-electron chi connectivity index (χ3n) is 4.22. The highest BCUT2D eigenvalue weighted by Gasteiger charge is 2.32. The number of hydrogen-bond donors (Lipinski definition) is 1. The van der Waals surface area contributed by atoms with Gasteiger partial charge in [-0.25, -0.2) is 0 Å². The molecule has 2 unspecified atom stereocenters. The summed E-state index contributed by atoms with van der Waals surface area (Å²) in [5, 5.41) is 3.53. The van der Waals surface area contributed by atoms with E-state index in [4.69, 9.17) is 4.74 Å². The van der Waals surface area contributed by atoms with Crippen LogP contribution in [0, 0.1) is 11.3 Å². The Morgan fingerprint density at radius 3 is 2.71 bits per heavy atom. The molecule has 0 aromatic heterocycles. The summed E-state index contributed by atoms with van der Waals surface area (Å²) >= 11 is 0. The molecule has 3 heteroatoms. The van der Waals surface area contributed by atoms with Gasteiger partial charge in [0, 0.05) is 19.7 Å². The van der Waals surface area contributed by atoms with Crippen LogP contribution in [0.1, 0.15) is 33.6 Å². The summed E-state index contributed by atoms with van der Waals surface area (Å²) < 4.78 is 5.23. The average Bonchev–Trinajstić information content (AvgIpc) is 2.30. The maximum atomic E-state index is 5.23. The predicted molar refractivity (Wildman–Crippen MR) is 73.3 cm³/mol. The summed E-state index contributed by atoms with van der Waals surface area (Å²) in [6, 6.07) is 0.496. The highest BCUT2D eigenvalue weighted by Crippen LogP contribution is 2.32. The monoisotopic (exact) mass is 242 g/mol. The van der Waals surface area contributed by atoms with Gasteiger partial charge in [-0.1, -0.05) is 13.8 Å². The molecule has 0 saturated carbocycles. The van der Waals surface area contributed by atoms with Crippen molar-refractivity contribution in [1.82, 2.24) is 10.2 Å². The van der Waals surface area contributed by atoms with E-state index in [1.165, 1.54) is 25.9 Å². The molecule has 3 nitrogen and oxygen atoms in total. The molecule has 102 valence electrons. The summed E-state index contributed by atoms with van der Waals surface area (Å²) in [6.07, 6.45) is 2.69. The fourth-order valence-corrected chi connectivity index (χ4v) is 2.82. The molecular weight excluding hydrogens is 212 g/mol. The summed E-state index contributed by atoms with van der Waals surface area (Å²) in [5.41, 5.74) is 0.379. The molecule has 0 aromatic carbocycles. The summed E-state index contributed by atoms with van der Waals surface area (Å²) in [7, 11) is 3.99. The molecule has 0 aliphatic carbocycles. The van der Waals surface area contributed by atoms with Gasteiger partial charge in [-0.2, -0.15) is 0 Å². The van der Waals surface area contributed by atoms with Crippen LogP contribution in [0.3, 0.4) is 0 Å². The van der Waals surface area contributed by atoms with Gasteiger partial charge in [0.1, 0.15) is 0 Å². The Balaban J connectivity index is 2.46. The number of methoxy groups -OCH3 is 1. The molecule has 1 fully saturated rings. The SMILES string of the molecule is COCC(C)N(C)CC(C)(C)C1CCCNC1. The lowest BCUT2D eigenvalue weighted by Crippen LogP contribution is -2.46. The van der Waals surface area contributed by atoms with Gasteiger partial charge in [0.15, 0.2) is 0 Å². The van der Waals surface area contributed by atoms with Crippen molar-refractivity contribution in [2.24, 2.45) is 11.3 Å². The second kappa shape index (κ2) is 6.72. The highest BCUT2D eigenvalue weighted by molar-refractivity contribution is 4.85. The van der Waals surface area contributed by atoms with Crippen molar-refractivity contribution in [3.8, 4) is 0 Å². The van der Waals surface area contributed by atoms with Crippen molar-refractivity contribution in [2.75, 3.05) is 40.4 Å². The average molecular weight is 242 g/mol. The lowest BCUT2D eigenvalue weighted by molar-refractivity contribution is 0.0614. The van der Waals surface area contributed by atoms with Gasteiger partial charge in [0.25, 0.3) is 0 Å². The van der Waals surface area contributed by atoms with Crippen LogP contribution < -0.4 is 5.32 Å². The fraction of sp³-hybridized carbons (Fsp3) is 1.00. The van der Waals surface area contributed by atoms with E-state index < -0.39 is 0 Å². The lowest BCUT2D eigenvalue weighted by Gasteiger charge is -2.41. The number of ether oxygens (including phenoxy) is 1. The van der Waals surface area contributed by atoms with E-state index >= 15 is 0 Å². The number of piperidine rings is 1. The number of nitrogens with zero attached hydrogens (tertiary/aromatic N) is 1. The largest absolute Gasteiger partial charge is 0.383 e. The van der Waals surface area contributed by atoms with E-state index in [0.29, 0.717) is 11.5 Å². The van der Waals surface area contributed by atoms with Crippen LogP contribution >= 0.6 is 0 Å². The van der Waals surface area contributed by atoms with E-state index in [9.17, 15) is 0 Å². The molecule has 1 heterocycles. The quantitative estimate of drug-likeness (QED) is 0.771. The molecule has 17 heavy (non-hydrogen) atoms. The zero-order chi connectivity index (χ0) is 12.9. The van der Waals surface area contributed by atoms with E-state index in [0.717, 1.165) is 19.1 Å².